The van der Waals surface area contributed by atoms with Crippen LogP contribution in [-0.4, -0.2) is 44.7 Å². The Morgan fingerprint density at radius 2 is 1.82 bits per heavy atom. The van der Waals surface area contributed by atoms with E-state index in [1.54, 1.807) is 0 Å². The highest BCUT2D eigenvalue weighted by Gasteiger charge is 2.30. The Bertz CT molecular complexity index is 1490. The van der Waals surface area contributed by atoms with Crippen molar-refractivity contribution in [1.82, 2.24) is 0 Å². The van der Waals surface area contributed by atoms with Crippen molar-refractivity contribution in [1.29, 1.82) is 0 Å². The van der Waals surface area contributed by atoms with Crippen molar-refractivity contribution in [2.45, 2.75) is 51.6 Å². The fourth-order valence-electron chi connectivity index (χ4n) is 5.79. The molecule has 7 nitrogen and oxygen atoms in total. The van der Waals surface area contributed by atoms with Crippen LogP contribution < -0.4 is 14.2 Å². The number of rotatable bonds is 10. The van der Waals surface area contributed by atoms with Crippen molar-refractivity contribution < 1.29 is 32.5 Å². The summed E-state index contributed by atoms with van der Waals surface area (Å²) in [6.07, 6.45) is 3.45. The van der Waals surface area contributed by atoms with Crippen molar-refractivity contribution in [3.05, 3.63) is 76.3 Å². The molecule has 39 heavy (non-hydrogen) atoms. The van der Waals surface area contributed by atoms with Crippen LogP contribution in [0.2, 0.25) is 0 Å². The Kier molecular flexibility index (Phi) is 7.58. The van der Waals surface area contributed by atoms with Gasteiger partial charge in [0, 0.05) is 23.8 Å². The van der Waals surface area contributed by atoms with Gasteiger partial charge in [-0.1, -0.05) is 24.3 Å². The molecule has 0 bridgehead atoms. The molecule has 0 amide bonds. The number of carbonyl (C=O) groups is 1. The molecular weight excluding hydrogens is 516 g/mol. The molecular formula is C31H34O7S. The number of sulfone groups is 1. The first-order valence-corrected chi connectivity index (χ1v) is 15.3. The van der Waals surface area contributed by atoms with Crippen LogP contribution in [0.15, 0.2) is 48.5 Å². The van der Waals surface area contributed by atoms with Gasteiger partial charge >= 0.3 is 5.97 Å². The number of benzene rings is 3. The lowest BCUT2D eigenvalue weighted by atomic mass is 9.90. The number of fused-ring (bicyclic) bond motifs is 2. The standard InChI is InChI=1S/C31H34O7S/c1-19-14-23(36-12-5-13-39(3,34)35)15-20(2)31(19)27-7-4-6-26-25(27)10-11-28(26)38-22-8-9-24-21(16-30(32)33)18-37-29(24)17-22/h4,6-9,14-15,17,21,28H,5,10-13,16,18H2,1-3H3,(H,32,33)/t21?,28-/m1/s1. The zero-order valence-corrected chi connectivity index (χ0v) is 23.3. The Morgan fingerprint density at radius 3 is 2.54 bits per heavy atom. The molecule has 3 aromatic rings. The number of carboxylic acids is 1. The maximum Gasteiger partial charge on any atom is 0.304 e. The number of ether oxygens (including phenoxy) is 3. The predicted molar refractivity (Wildman–Crippen MR) is 150 cm³/mol. The molecule has 0 spiro atoms. The summed E-state index contributed by atoms with van der Waals surface area (Å²) in [7, 11) is -2.99. The third kappa shape index (κ3) is 6.06. The van der Waals surface area contributed by atoms with E-state index in [0.717, 1.165) is 41.0 Å². The highest BCUT2D eigenvalue weighted by atomic mass is 32.2. The van der Waals surface area contributed by atoms with Crippen molar-refractivity contribution >= 4 is 15.8 Å². The second kappa shape index (κ2) is 10.9. The molecule has 3 aromatic carbocycles. The van der Waals surface area contributed by atoms with Gasteiger partial charge < -0.3 is 19.3 Å². The minimum atomic E-state index is -2.99. The lowest BCUT2D eigenvalue weighted by molar-refractivity contribution is -0.137. The second-order valence-corrected chi connectivity index (χ2v) is 12.8. The number of hydrogen-bond donors (Lipinski definition) is 1. The predicted octanol–water partition coefficient (Wildman–Crippen LogP) is 5.80. The van der Waals surface area contributed by atoms with Gasteiger partial charge in [0.25, 0.3) is 0 Å². The number of aliphatic carboxylic acids is 1. The first-order valence-electron chi connectivity index (χ1n) is 13.3. The Labute approximate surface area is 229 Å². The van der Waals surface area contributed by atoms with E-state index in [4.69, 9.17) is 19.3 Å². The highest BCUT2D eigenvalue weighted by Crippen LogP contribution is 2.44. The van der Waals surface area contributed by atoms with E-state index in [1.807, 2.05) is 30.3 Å². The van der Waals surface area contributed by atoms with Gasteiger partial charge in [-0.2, -0.15) is 0 Å². The Hall–Kier alpha value is -3.52. The summed E-state index contributed by atoms with van der Waals surface area (Å²) in [5, 5.41) is 9.15. The normalized spacial score (nSPS) is 17.8. The van der Waals surface area contributed by atoms with Gasteiger partial charge in [-0.15, -0.1) is 0 Å². The summed E-state index contributed by atoms with van der Waals surface area (Å²) >= 11 is 0. The van der Waals surface area contributed by atoms with Gasteiger partial charge in [-0.05, 0) is 84.7 Å². The zero-order valence-electron chi connectivity index (χ0n) is 22.5. The van der Waals surface area contributed by atoms with Gasteiger partial charge in [0.05, 0.1) is 25.4 Å². The van der Waals surface area contributed by atoms with E-state index in [1.165, 1.54) is 28.5 Å². The molecule has 2 aliphatic rings. The highest BCUT2D eigenvalue weighted by molar-refractivity contribution is 7.90. The molecule has 8 heteroatoms. The largest absolute Gasteiger partial charge is 0.494 e. The summed E-state index contributed by atoms with van der Waals surface area (Å²) < 4.78 is 40.8. The van der Waals surface area contributed by atoms with E-state index >= 15 is 0 Å². The Balaban J connectivity index is 1.33. The monoisotopic (exact) mass is 550 g/mol. The average molecular weight is 551 g/mol. The molecule has 206 valence electrons. The van der Waals surface area contributed by atoms with Crippen LogP contribution in [0.5, 0.6) is 17.2 Å². The maximum atomic E-state index is 11.4. The molecule has 1 aliphatic heterocycles. The smallest absolute Gasteiger partial charge is 0.304 e. The molecule has 2 atom stereocenters. The van der Waals surface area contributed by atoms with Gasteiger partial charge in [-0.3, -0.25) is 4.79 Å². The van der Waals surface area contributed by atoms with Gasteiger partial charge in [-0.25, -0.2) is 8.42 Å². The molecule has 1 aliphatic carbocycles. The molecule has 0 radical (unpaired) electrons. The third-order valence-corrected chi connectivity index (χ3v) is 8.51. The molecule has 0 saturated carbocycles. The first kappa shape index (κ1) is 27.1. The average Bonchev–Trinajstić information content (AvgIpc) is 3.45. The molecule has 0 saturated heterocycles. The molecule has 0 fully saturated rings. The van der Waals surface area contributed by atoms with Crippen molar-refractivity contribution in [2.75, 3.05) is 25.2 Å². The van der Waals surface area contributed by atoms with Gasteiger partial charge in [0.15, 0.2) is 0 Å². The van der Waals surface area contributed by atoms with Crippen LogP contribution in [0.25, 0.3) is 11.1 Å². The van der Waals surface area contributed by atoms with Crippen LogP contribution in [-0.2, 0) is 21.1 Å². The molecule has 1 heterocycles. The van der Waals surface area contributed by atoms with E-state index in [0.29, 0.717) is 25.4 Å². The summed E-state index contributed by atoms with van der Waals surface area (Å²) in [6, 6.07) is 16.1. The van der Waals surface area contributed by atoms with Gasteiger partial charge in [0.2, 0.25) is 0 Å². The molecule has 0 aromatic heterocycles. The van der Waals surface area contributed by atoms with Crippen LogP contribution in [0, 0.1) is 13.8 Å². The summed E-state index contributed by atoms with van der Waals surface area (Å²) in [5.74, 6) is 1.34. The minimum Gasteiger partial charge on any atom is -0.494 e. The molecule has 1 N–H and O–H groups in total. The third-order valence-electron chi connectivity index (χ3n) is 7.48. The second-order valence-electron chi connectivity index (χ2n) is 10.6. The summed E-state index contributed by atoms with van der Waals surface area (Å²) in [4.78, 5) is 11.1. The molecule has 5 rings (SSSR count). The lowest BCUT2D eigenvalue weighted by Crippen LogP contribution is -2.08. The SMILES string of the molecule is Cc1cc(OCCCS(C)(=O)=O)cc(C)c1-c1cccc2c1CC[C@H]2Oc1ccc2c(c1)OCC2CC(=O)O. The quantitative estimate of drug-likeness (QED) is 0.319. The van der Waals surface area contributed by atoms with E-state index in [-0.39, 0.29) is 24.2 Å². The van der Waals surface area contributed by atoms with Crippen molar-refractivity contribution in [3.8, 4) is 28.4 Å². The zero-order chi connectivity index (χ0) is 27.7. The van der Waals surface area contributed by atoms with Crippen LogP contribution >= 0.6 is 0 Å². The maximum absolute atomic E-state index is 11.4. The fraction of sp³-hybridized carbons (Fsp3) is 0.387. The first-order chi connectivity index (χ1) is 18.6. The summed E-state index contributed by atoms with van der Waals surface area (Å²) in [5.41, 5.74) is 7.99. The van der Waals surface area contributed by atoms with E-state index in [9.17, 15) is 13.2 Å². The van der Waals surface area contributed by atoms with Crippen LogP contribution in [0.1, 0.15) is 59.1 Å². The van der Waals surface area contributed by atoms with Crippen molar-refractivity contribution in [3.63, 3.8) is 0 Å². The number of carboxylic acid groups (broad SMARTS) is 1. The van der Waals surface area contributed by atoms with Crippen LogP contribution in [0.3, 0.4) is 0 Å². The summed E-state index contributed by atoms with van der Waals surface area (Å²) in [6.45, 7) is 4.90. The van der Waals surface area contributed by atoms with Crippen molar-refractivity contribution in [2.24, 2.45) is 0 Å². The minimum absolute atomic E-state index is 0.0566. The lowest BCUT2D eigenvalue weighted by Gasteiger charge is -2.18. The molecule has 1 unspecified atom stereocenters. The van der Waals surface area contributed by atoms with Crippen LogP contribution in [0.4, 0.5) is 0 Å². The Morgan fingerprint density at radius 1 is 1.05 bits per heavy atom. The number of aryl methyl sites for hydroxylation is 2. The fourth-order valence-corrected chi connectivity index (χ4v) is 6.43. The van der Waals surface area contributed by atoms with E-state index < -0.39 is 15.8 Å². The van der Waals surface area contributed by atoms with E-state index in [2.05, 4.69) is 32.0 Å². The van der Waals surface area contributed by atoms with Gasteiger partial charge in [0.1, 0.15) is 33.2 Å². The number of hydrogen-bond acceptors (Lipinski definition) is 6. The topological polar surface area (TPSA) is 99.1 Å².